The van der Waals surface area contributed by atoms with Gasteiger partial charge in [-0.25, -0.2) is 8.78 Å². The molecule has 2 aromatic rings. The van der Waals surface area contributed by atoms with Crippen molar-refractivity contribution in [2.75, 3.05) is 13.7 Å². The summed E-state index contributed by atoms with van der Waals surface area (Å²) in [6, 6.07) is 7.97. The van der Waals surface area contributed by atoms with E-state index in [0.29, 0.717) is 11.1 Å². The Labute approximate surface area is 156 Å². The zero-order valence-corrected chi connectivity index (χ0v) is 15.3. The molecule has 0 aliphatic rings. The third-order valence-electron chi connectivity index (χ3n) is 4.13. The van der Waals surface area contributed by atoms with E-state index < -0.39 is 29.0 Å². The zero-order valence-electron chi connectivity index (χ0n) is 15.3. The lowest BCUT2D eigenvalue weighted by atomic mass is 9.96. The SMILES string of the molecule is COCC(C)(CC(=O)O)NC(=O)c1ccc(-c2ccc(F)cc2C)c(F)c1. The van der Waals surface area contributed by atoms with Crippen LogP contribution in [0.3, 0.4) is 0 Å². The molecule has 0 bridgehead atoms. The number of methoxy groups -OCH3 is 1. The normalized spacial score (nSPS) is 13.1. The fourth-order valence-corrected chi connectivity index (χ4v) is 2.93. The number of aliphatic carboxylic acids is 1. The molecule has 0 radical (unpaired) electrons. The summed E-state index contributed by atoms with van der Waals surface area (Å²) >= 11 is 0. The monoisotopic (exact) mass is 377 g/mol. The molecule has 1 atom stereocenters. The first-order valence-corrected chi connectivity index (χ1v) is 8.24. The van der Waals surface area contributed by atoms with Crippen LogP contribution in [0.25, 0.3) is 11.1 Å². The Kier molecular flexibility index (Phi) is 6.28. The van der Waals surface area contributed by atoms with E-state index in [1.807, 2.05) is 0 Å². The fraction of sp³-hybridized carbons (Fsp3) is 0.300. The third-order valence-corrected chi connectivity index (χ3v) is 4.13. The second-order valence-electron chi connectivity index (χ2n) is 6.67. The van der Waals surface area contributed by atoms with Crippen LogP contribution >= 0.6 is 0 Å². The van der Waals surface area contributed by atoms with Crippen LogP contribution in [-0.4, -0.2) is 36.2 Å². The van der Waals surface area contributed by atoms with Gasteiger partial charge in [-0.05, 0) is 49.2 Å². The highest BCUT2D eigenvalue weighted by atomic mass is 19.1. The molecule has 1 unspecified atom stereocenters. The van der Waals surface area contributed by atoms with Crippen LogP contribution in [0.2, 0.25) is 0 Å². The average molecular weight is 377 g/mol. The largest absolute Gasteiger partial charge is 0.481 e. The molecule has 0 saturated heterocycles. The highest BCUT2D eigenvalue weighted by molar-refractivity contribution is 5.95. The molecule has 2 aromatic carbocycles. The Morgan fingerprint density at radius 2 is 1.81 bits per heavy atom. The van der Waals surface area contributed by atoms with Crippen LogP contribution < -0.4 is 5.32 Å². The van der Waals surface area contributed by atoms with Crippen LogP contribution in [0.4, 0.5) is 8.78 Å². The standard InChI is InChI=1S/C20H21F2NO4/c1-12-8-14(21)5-7-15(12)16-6-4-13(9-17(16)22)19(26)23-20(2,11-27-3)10-18(24)25/h4-9H,10-11H2,1-3H3,(H,23,26)(H,24,25). The van der Waals surface area contributed by atoms with Gasteiger partial charge in [-0.3, -0.25) is 9.59 Å². The van der Waals surface area contributed by atoms with Gasteiger partial charge in [0.15, 0.2) is 0 Å². The van der Waals surface area contributed by atoms with Crippen molar-refractivity contribution in [2.45, 2.75) is 25.8 Å². The number of carbonyl (C=O) groups excluding carboxylic acids is 1. The Bertz CT molecular complexity index is 869. The maximum Gasteiger partial charge on any atom is 0.305 e. The molecule has 7 heteroatoms. The molecule has 0 aliphatic heterocycles. The van der Waals surface area contributed by atoms with E-state index in [-0.39, 0.29) is 24.2 Å². The highest BCUT2D eigenvalue weighted by Gasteiger charge is 2.30. The molecule has 2 N–H and O–H groups in total. The average Bonchev–Trinajstić information content (AvgIpc) is 2.54. The Hall–Kier alpha value is -2.80. The van der Waals surface area contributed by atoms with E-state index in [1.54, 1.807) is 6.92 Å². The molecule has 0 aliphatic carbocycles. The van der Waals surface area contributed by atoms with Crippen molar-refractivity contribution in [1.82, 2.24) is 5.32 Å². The predicted molar refractivity (Wildman–Crippen MR) is 96.5 cm³/mol. The molecule has 1 amide bonds. The van der Waals surface area contributed by atoms with Gasteiger partial charge in [-0.2, -0.15) is 0 Å². The summed E-state index contributed by atoms with van der Waals surface area (Å²) in [4.78, 5) is 23.5. The third kappa shape index (κ3) is 5.10. The van der Waals surface area contributed by atoms with Gasteiger partial charge in [0.05, 0.1) is 18.6 Å². The van der Waals surface area contributed by atoms with Gasteiger partial charge in [0.25, 0.3) is 5.91 Å². The van der Waals surface area contributed by atoms with Crippen molar-refractivity contribution in [2.24, 2.45) is 0 Å². The van der Waals surface area contributed by atoms with Gasteiger partial charge < -0.3 is 15.2 Å². The molecule has 0 heterocycles. The molecule has 0 fully saturated rings. The number of hydrogen-bond acceptors (Lipinski definition) is 3. The summed E-state index contributed by atoms with van der Waals surface area (Å²) in [5.41, 5.74) is 0.245. The quantitative estimate of drug-likeness (QED) is 0.774. The number of hydrogen-bond donors (Lipinski definition) is 2. The molecule has 144 valence electrons. The molecule has 5 nitrogen and oxygen atoms in total. The van der Waals surface area contributed by atoms with E-state index in [9.17, 15) is 18.4 Å². The van der Waals surface area contributed by atoms with Crippen molar-refractivity contribution in [3.63, 3.8) is 0 Å². The first-order chi connectivity index (χ1) is 12.6. The number of nitrogens with one attached hydrogen (secondary N) is 1. The smallest absolute Gasteiger partial charge is 0.305 e. The van der Waals surface area contributed by atoms with Crippen molar-refractivity contribution < 1.29 is 28.2 Å². The van der Waals surface area contributed by atoms with Gasteiger partial charge in [-0.15, -0.1) is 0 Å². The fourth-order valence-electron chi connectivity index (χ4n) is 2.93. The summed E-state index contributed by atoms with van der Waals surface area (Å²) in [6.45, 7) is 3.19. The summed E-state index contributed by atoms with van der Waals surface area (Å²) in [5.74, 6) is -2.76. The number of benzene rings is 2. The van der Waals surface area contributed by atoms with E-state index in [4.69, 9.17) is 9.84 Å². The number of carboxylic acid groups (broad SMARTS) is 1. The van der Waals surface area contributed by atoms with Crippen LogP contribution in [0.15, 0.2) is 36.4 Å². The second kappa shape index (κ2) is 8.26. The first-order valence-electron chi connectivity index (χ1n) is 8.24. The van der Waals surface area contributed by atoms with Crippen LogP contribution in [-0.2, 0) is 9.53 Å². The summed E-state index contributed by atoms with van der Waals surface area (Å²) < 4.78 is 32.8. The van der Waals surface area contributed by atoms with Gasteiger partial charge in [-0.1, -0.05) is 12.1 Å². The minimum absolute atomic E-state index is 0.0135. The Balaban J connectivity index is 2.28. The van der Waals surface area contributed by atoms with Crippen LogP contribution in [0.1, 0.15) is 29.3 Å². The lowest BCUT2D eigenvalue weighted by molar-refractivity contribution is -0.139. The molecule has 0 aromatic heterocycles. The summed E-state index contributed by atoms with van der Waals surface area (Å²) in [6.07, 6.45) is -0.345. The maximum absolute atomic E-state index is 14.6. The number of carbonyl (C=O) groups is 2. The molecule has 2 rings (SSSR count). The summed E-state index contributed by atoms with van der Waals surface area (Å²) in [5, 5.41) is 11.6. The van der Waals surface area contributed by atoms with E-state index in [0.717, 1.165) is 6.07 Å². The van der Waals surface area contributed by atoms with Gasteiger partial charge in [0.2, 0.25) is 0 Å². The minimum atomic E-state index is -1.14. The van der Waals surface area contributed by atoms with E-state index in [1.165, 1.54) is 44.4 Å². The van der Waals surface area contributed by atoms with Gasteiger partial charge in [0, 0.05) is 18.2 Å². The topological polar surface area (TPSA) is 75.6 Å². The van der Waals surface area contributed by atoms with Crippen LogP contribution in [0.5, 0.6) is 0 Å². The van der Waals surface area contributed by atoms with Gasteiger partial charge >= 0.3 is 5.97 Å². The molecular formula is C20H21F2NO4. The minimum Gasteiger partial charge on any atom is -0.481 e. The van der Waals surface area contributed by atoms with Crippen molar-refractivity contribution in [1.29, 1.82) is 0 Å². The lowest BCUT2D eigenvalue weighted by Gasteiger charge is -2.28. The molecule has 27 heavy (non-hydrogen) atoms. The number of aryl methyl sites for hydroxylation is 1. The Morgan fingerprint density at radius 1 is 1.15 bits per heavy atom. The van der Waals surface area contributed by atoms with Crippen molar-refractivity contribution in [3.8, 4) is 11.1 Å². The van der Waals surface area contributed by atoms with E-state index >= 15 is 0 Å². The number of ether oxygens (including phenoxy) is 1. The predicted octanol–water partition coefficient (Wildman–Crippen LogP) is 3.55. The molecule has 0 spiro atoms. The first kappa shape index (κ1) is 20.5. The maximum atomic E-state index is 14.6. The number of amides is 1. The Morgan fingerprint density at radius 3 is 2.37 bits per heavy atom. The summed E-state index contributed by atoms with van der Waals surface area (Å²) in [7, 11) is 1.39. The highest BCUT2D eigenvalue weighted by Crippen LogP contribution is 2.27. The van der Waals surface area contributed by atoms with Gasteiger partial charge in [0.1, 0.15) is 11.6 Å². The number of halogens is 2. The second-order valence-corrected chi connectivity index (χ2v) is 6.67. The number of carboxylic acids is 1. The zero-order chi connectivity index (χ0) is 20.2. The number of rotatable bonds is 7. The van der Waals surface area contributed by atoms with E-state index in [2.05, 4.69) is 5.32 Å². The van der Waals surface area contributed by atoms with Crippen LogP contribution in [0, 0.1) is 18.6 Å². The molecule has 0 saturated carbocycles. The molecular weight excluding hydrogens is 356 g/mol. The van der Waals surface area contributed by atoms with Crippen molar-refractivity contribution >= 4 is 11.9 Å². The lowest BCUT2D eigenvalue weighted by Crippen LogP contribution is -2.50. The van der Waals surface area contributed by atoms with Crippen molar-refractivity contribution in [3.05, 3.63) is 59.2 Å².